The van der Waals surface area contributed by atoms with Crippen molar-refractivity contribution in [3.8, 4) is 0 Å². The highest BCUT2D eigenvalue weighted by Crippen LogP contribution is 2.28. The molecule has 3 heterocycles. The number of aromatic nitrogens is 1. The molecule has 2 aliphatic rings. The number of aromatic amines is 1. The zero-order valence-corrected chi connectivity index (χ0v) is 15.3. The number of nitrogens with one attached hydrogen (secondary N) is 2. The molecule has 2 N–H and O–H groups in total. The van der Waals surface area contributed by atoms with Crippen molar-refractivity contribution in [3.63, 3.8) is 0 Å². The summed E-state index contributed by atoms with van der Waals surface area (Å²) in [7, 11) is 0. The average Bonchev–Trinajstić information content (AvgIpc) is 3.17. The number of piperidine rings is 1. The van der Waals surface area contributed by atoms with Crippen LogP contribution in [0.5, 0.6) is 0 Å². The molecule has 134 valence electrons. The van der Waals surface area contributed by atoms with Gasteiger partial charge in [0.2, 0.25) is 5.78 Å². The highest BCUT2D eigenvalue weighted by Gasteiger charge is 2.44. The average molecular weight is 343 g/mol. The van der Waals surface area contributed by atoms with Gasteiger partial charge in [-0.2, -0.15) is 0 Å². The number of carbonyl (C=O) groups excluding carboxylic acids is 1. The van der Waals surface area contributed by atoms with Gasteiger partial charge in [-0.25, -0.2) is 0 Å². The number of rotatable bonds is 3. The molecule has 2 aliphatic heterocycles. The van der Waals surface area contributed by atoms with E-state index in [0.29, 0.717) is 13.2 Å². The van der Waals surface area contributed by atoms with Crippen LogP contribution in [0.15, 0.2) is 18.2 Å². The van der Waals surface area contributed by atoms with E-state index < -0.39 is 0 Å². The fourth-order valence-corrected chi connectivity index (χ4v) is 4.34. The number of likely N-dealkylation sites (tertiary alicyclic amines) is 1. The van der Waals surface area contributed by atoms with Crippen LogP contribution in [-0.4, -0.2) is 48.9 Å². The molecule has 0 amide bonds. The van der Waals surface area contributed by atoms with E-state index >= 15 is 0 Å². The van der Waals surface area contributed by atoms with Crippen molar-refractivity contribution in [3.05, 3.63) is 35.0 Å². The van der Waals surface area contributed by atoms with Gasteiger partial charge in [-0.3, -0.25) is 4.79 Å². The van der Waals surface area contributed by atoms with Gasteiger partial charge >= 0.3 is 0 Å². The third kappa shape index (κ3) is 2.90. The minimum absolute atomic E-state index is 0.0576. The largest absolute Gasteiger partial charge is 0.358 e. The van der Waals surface area contributed by atoms with E-state index in [1.807, 2.05) is 6.92 Å². The molecular weight excluding hydrogens is 316 g/mol. The van der Waals surface area contributed by atoms with Gasteiger partial charge in [0.15, 0.2) is 5.79 Å². The fourth-order valence-electron chi connectivity index (χ4n) is 4.34. The Balaban J connectivity index is 1.54. The van der Waals surface area contributed by atoms with Crippen LogP contribution >= 0.6 is 0 Å². The lowest BCUT2D eigenvalue weighted by atomic mass is 9.97. The molecule has 1 atom stereocenters. The number of Topliss-reactive ketones (excluding diaryl/α,β-unsaturated/α-hetero) is 1. The van der Waals surface area contributed by atoms with Gasteiger partial charge in [0.05, 0.1) is 44.7 Å². The maximum absolute atomic E-state index is 13.2. The van der Waals surface area contributed by atoms with Crippen LogP contribution in [0.1, 0.15) is 41.4 Å². The second-order valence-corrected chi connectivity index (χ2v) is 7.53. The highest BCUT2D eigenvalue weighted by molar-refractivity contribution is 6.11. The molecule has 1 aromatic heterocycles. The quantitative estimate of drug-likeness (QED) is 0.836. The Hall–Kier alpha value is -1.69. The van der Waals surface area contributed by atoms with Crippen molar-refractivity contribution in [2.45, 2.75) is 45.4 Å². The number of hydrogen-bond donors (Lipinski definition) is 2. The molecule has 2 aromatic rings. The Morgan fingerprint density at radius 3 is 2.56 bits per heavy atom. The third-order valence-electron chi connectivity index (χ3n) is 5.86. The van der Waals surface area contributed by atoms with E-state index in [0.717, 1.165) is 48.1 Å². The lowest BCUT2D eigenvalue weighted by molar-refractivity contribution is -0.921. The topological polar surface area (TPSA) is 55.8 Å². The van der Waals surface area contributed by atoms with Crippen LogP contribution in [0, 0.1) is 13.8 Å². The molecular formula is C20H27N2O3+. The second kappa shape index (κ2) is 6.24. The van der Waals surface area contributed by atoms with Gasteiger partial charge in [0.25, 0.3) is 0 Å². The smallest absolute Gasteiger partial charge is 0.222 e. The molecule has 1 spiro atoms. The number of fused-ring (bicyclic) bond motifs is 1. The van der Waals surface area contributed by atoms with E-state index in [-0.39, 0.29) is 17.6 Å². The van der Waals surface area contributed by atoms with E-state index in [2.05, 4.69) is 37.0 Å². The van der Waals surface area contributed by atoms with Gasteiger partial charge in [0.1, 0.15) is 6.04 Å². The van der Waals surface area contributed by atoms with Crippen LogP contribution in [0.2, 0.25) is 0 Å². The van der Waals surface area contributed by atoms with Crippen LogP contribution in [0.4, 0.5) is 0 Å². The number of hydrogen-bond acceptors (Lipinski definition) is 3. The molecule has 5 nitrogen and oxygen atoms in total. The normalized spacial score (nSPS) is 21.9. The van der Waals surface area contributed by atoms with Crippen molar-refractivity contribution >= 4 is 16.7 Å². The van der Waals surface area contributed by atoms with Gasteiger partial charge in [-0.15, -0.1) is 0 Å². The molecule has 2 saturated heterocycles. The maximum Gasteiger partial charge on any atom is 0.222 e. The first-order valence-electron chi connectivity index (χ1n) is 9.25. The number of H-pyrrole nitrogens is 1. The van der Waals surface area contributed by atoms with E-state index in [9.17, 15) is 4.79 Å². The summed E-state index contributed by atoms with van der Waals surface area (Å²) in [5.41, 5.74) is 4.06. The molecule has 0 saturated carbocycles. The molecule has 0 radical (unpaired) electrons. The molecule has 1 aromatic carbocycles. The Bertz CT molecular complexity index is 795. The summed E-state index contributed by atoms with van der Waals surface area (Å²) < 4.78 is 11.6. The number of aryl methyl sites for hydroxylation is 2. The summed E-state index contributed by atoms with van der Waals surface area (Å²) in [5.74, 6) is -0.146. The predicted octanol–water partition coefficient (Wildman–Crippen LogP) is 1.78. The predicted molar refractivity (Wildman–Crippen MR) is 96.1 cm³/mol. The summed E-state index contributed by atoms with van der Waals surface area (Å²) in [6, 6.07) is 6.19. The standard InChI is InChI=1S/C20H26N2O3/c1-13-4-5-16-17(12-13)21-14(2)18(16)19(23)15(3)22-8-6-20(7-9-22)24-10-11-25-20/h4-5,12,15,21H,6-11H2,1-3H3/p+1/t15-/m0/s1. The first-order chi connectivity index (χ1) is 12.0. The molecule has 2 fully saturated rings. The number of ketones is 1. The van der Waals surface area contributed by atoms with Gasteiger partial charge < -0.3 is 19.4 Å². The molecule has 0 aliphatic carbocycles. The number of ether oxygens (including phenoxy) is 2. The molecule has 0 bridgehead atoms. The molecule has 4 rings (SSSR count). The van der Waals surface area contributed by atoms with Crippen molar-refractivity contribution in [2.24, 2.45) is 0 Å². The first kappa shape index (κ1) is 16.8. The monoisotopic (exact) mass is 343 g/mol. The lowest BCUT2D eigenvalue weighted by Crippen LogP contribution is -3.17. The van der Waals surface area contributed by atoms with Gasteiger partial charge in [-0.1, -0.05) is 12.1 Å². The van der Waals surface area contributed by atoms with Crippen molar-refractivity contribution in [2.75, 3.05) is 26.3 Å². The zero-order valence-electron chi connectivity index (χ0n) is 15.3. The van der Waals surface area contributed by atoms with E-state index in [1.54, 1.807) is 0 Å². The maximum atomic E-state index is 13.2. The summed E-state index contributed by atoms with van der Waals surface area (Å²) >= 11 is 0. The summed E-state index contributed by atoms with van der Waals surface area (Å²) in [6.07, 6.45) is 1.73. The SMILES string of the molecule is Cc1ccc2c(C(=O)[C@H](C)[NH+]3CCC4(CC3)OCCO4)c(C)[nH]c2c1. The number of carbonyl (C=O) groups is 1. The molecule has 5 heteroatoms. The Morgan fingerprint density at radius 1 is 1.20 bits per heavy atom. The Morgan fingerprint density at radius 2 is 1.88 bits per heavy atom. The highest BCUT2D eigenvalue weighted by atomic mass is 16.7. The van der Waals surface area contributed by atoms with E-state index in [1.165, 1.54) is 10.5 Å². The Labute approximate surface area is 148 Å². The lowest BCUT2D eigenvalue weighted by Gasteiger charge is -2.37. The minimum atomic E-state index is -0.375. The third-order valence-corrected chi connectivity index (χ3v) is 5.86. The zero-order chi connectivity index (χ0) is 17.6. The molecule has 25 heavy (non-hydrogen) atoms. The van der Waals surface area contributed by atoms with Crippen molar-refractivity contribution < 1.29 is 19.2 Å². The summed E-state index contributed by atoms with van der Waals surface area (Å²) in [6.45, 7) is 9.32. The van der Waals surface area contributed by atoms with Crippen LogP contribution in [-0.2, 0) is 9.47 Å². The summed E-state index contributed by atoms with van der Waals surface area (Å²) in [4.78, 5) is 17.9. The second-order valence-electron chi connectivity index (χ2n) is 7.53. The number of quaternary nitrogens is 1. The number of benzene rings is 1. The van der Waals surface area contributed by atoms with Crippen LogP contribution in [0.25, 0.3) is 10.9 Å². The fraction of sp³-hybridized carbons (Fsp3) is 0.550. The Kier molecular flexibility index (Phi) is 4.18. The minimum Gasteiger partial charge on any atom is -0.358 e. The van der Waals surface area contributed by atoms with E-state index in [4.69, 9.17) is 9.47 Å². The molecule has 0 unspecified atom stereocenters. The summed E-state index contributed by atoms with van der Waals surface area (Å²) in [5, 5.41) is 1.04. The van der Waals surface area contributed by atoms with Crippen LogP contribution in [0.3, 0.4) is 0 Å². The van der Waals surface area contributed by atoms with Crippen molar-refractivity contribution in [1.29, 1.82) is 0 Å². The van der Waals surface area contributed by atoms with Crippen LogP contribution < -0.4 is 4.90 Å². The van der Waals surface area contributed by atoms with Gasteiger partial charge in [-0.05, 0) is 32.4 Å². The van der Waals surface area contributed by atoms with Gasteiger partial charge in [0, 0.05) is 16.6 Å². The first-order valence-corrected chi connectivity index (χ1v) is 9.25. The van der Waals surface area contributed by atoms with Crippen molar-refractivity contribution in [1.82, 2.24) is 4.98 Å².